The van der Waals surface area contributed by atoms with Crippen LogP contribution in [0.15, 0.2) is 0 Å². The van der Waals surface area contributed by atoms with Crippen molar-refractivity contribution < 1.29 is 47.7 Å². The fourth-order valence-electron chi connectivity index (χ4n) is 4.39. The molecule has 0 aromatic carbocycles. The molecule has 0 saturated heterocycles. The van der Waals surface area contributed by atoms with Gasteiger partial charge in [0, 0.05) is 19.4 Å². The molecule has 0 aliphatic carbocycles. The lowest BCUT2D eigenvalue weighted by Crippen LogP contribution is -2.33. The fraction of sp³-hybridized carbons (Fsp3) is 0.857. The van der Waals surface area contributed by atoms with E-state index in [0.29, 0.717) is 71.1 Å². The Morgan fingerprint density at radius 1 is 0.478 bits per heavy atom. The van der Waals surface area contributed by atoms with Crippen molar-refractivity contribution in [3.63, 3.8) is 0 Å². The number of hydrogen-bond acceptors (Lipinski definition) is 11. The molecule has 46 heavy (non-hydrogen) atoms. The smallest absolute Gasteiger partial charge is 0.348 e. The van der Waals surface area contributed by atoms with Crippen molar-refractivity contribution in [1.29, 1.82) is 0 Å². The third-order valence-electron chi connectivity index (χ3n) is 7.23. The molecule has 1 unspecified atom stereocenters. The number of hydrogen-bond donors (Lipinski definition) is 0. The standard InChI is InChI=1S/C35H63NO10/c1-5-7-9-11-15-21-31(37)42-25-17-13-19-27-44-34(40)29-30(46-33(39)23-24-36(3)4)35(41)45-28-20-14-18-26-43-32(38)22-16-12-10-8-6-2/h30H,5-29H2,1-4H3. The maximum atomic E-state index is 12.7. The molecule has 0 N–H and O–H groups in total. The van der Waals surface area contributed by atoms with Crippen LogP contribution in [0.1, 0.15) is 142 Å². The van der Waals surface area contributed by atoms with E-state index in [-0.39, 0.29) is 31.6 Å². The SMILES string of the molecule is CCCCCCCC(=O)OCCCCCOC(=O)CC(OC(=O)CCN(C)C)C(=O)OCCCCCOC(=O)CCCCCCC. The summed E-state index contributed by atoms with van der Waals surface area (Å²) in [5.74, 6) is -2.42. The quantitative estimate of drug-likeness (QED) is 0.0461. The predicted molar refractivity (Wildman–Crippen MR) is 176 cm³/mol. The van der Waals surface area contributed by atoms with E-state index < -0.39 is 30.4 Å². The molecule has 0 spiro atoms. The van der Waals surface area contributed by atoms with Crippen molar-refractivity contribution in [2.24, 2.45) is 0 Å². The molecule has 0 amide bonds. The third kappa shape index (κ3) is 28.8. The number of carbonyl (C=O) groups is 5. The Morgan fingerprint density at radius 2 is 0.891 bits per heavy atom. The van der Waals surface area contributed by atoms with Crippen LogP contribution in [0.4, 0.5) is 0 Å². The van der Waals surface area contributed by atoms with Crippen molar-refractivity contribution in [2.45, 2.75) is 148 Å². The van der Waals surface area contributed by atoms with Crippen LogP contribution >= 0.6 is 0 Å². The van der Waals surface area contributed by atoms with Gasteiger partial charge in [-0.3, -0.25) is 19.2 Å². The zero-order valence-corrected chi connectivity index (χ0v) is 29.3. The number of esters is 5. The minimum absolute atomic E-state index is 0.0622. The summed E-state index contributed by atoms with van der Waals surface area (Å²) < 4.78 is 26.3. The minimum atomic E-state index is -1.39. The summed E-state index contributed by atoms with van der Waals surface area (Å²) >= 11 is 0. The zero-order valence-electron chi connectivity index (χ0n) is 29.3. The molecule has 0 aliphatic heterocycles. The summed E-state index contributed by atoms with van der Waals surface area (Å²) in [5, 5.41) is 0. The summed E-state index contributed by atoms with van der Waals surface area (Å²) in [4.78, 5) is 62.8. The molecule has 11 heteroatoms. The summed E-state index contributed by atoms with van der Waals surface area (Å²) in [7, 11) is 3.62. The third-order valence-corrected chi connectivity index (χ3v) is 7.23. The van der Waals surface area contributed by atoms with Crippen LogP contribution in [0.2, 0.25) is 0 Å². The van der Waals surface area contributed by atoms with Crippen molar-refractivity contribution in [2.75, 3.05) is 47.1 Å². The van der Waals surface area contributed by atoms with Gasteiger partial charge in [-0.15, -0.1) is 0 Å². The second-order valence-corrected chi connectivity index (χ2v) is 12.0. The second-order valence-electron chi connectivity index (χ2n) is 12.0. The summed E-state index contributed by atoms with van der Waals surface area (Å²) in [6.45, 7) is 5.63. The number of carbonyl (C=O) groups excluding carboxylic acids is 5. The van der Waals surface area contributed by atoms with E-state index >= 15 is 0 Å². The Hall–Kier alpha value is -2.69. The Labute approximate surface area is 277 Å². The molecule has 11 nitrogen and oxygen atoms in total. The van der Waals surface area contributed by atoms with Crippen LogP contribution < -0.4 is 0 Å². The number of rotatable bonds is 31. The monoisotopic (exact) mass is 657 g/mol. The van der Waals surface area contributed by atoms with E-state index in [1.54, 1.807) is 0 Å². The molecule has 0 bridgehead atoms. The first kappa shape index (κ1) is 43.3. The summed E-state index contributed by atoms with van der Waals surface area (Å²) in [6, 6.07) is 0. The van der Waals surface area contributed by atoms with Gasteiger partial charge in [0.05, 0.1) is 39.3 Å². The molecule has 0 fully saturated rings. The topological polar surface area (TPSA) is 135 Å². The molecule has 0 aromatic rings. The van der Waals surface area contributed by atoms with Gasteiger partial charge in [0.2, 0.25) is 6.10 Å². The van der Waals surface area contributed by atoms with Gasteiger partial charge >= 0.3 is 29.8 Å². The van der Waals surface area contributed by atoms with Crippen LogP contribution in [-0.4, -0.2) is 87.9 Å². The Kier molecular flexibility index (Phi) is 29.1. The highest BCUT2D eigenvalue weighted by molar-refractivity contribution is 5.84. The van der Waals surface area contributed by atoms with E-state index in [1.807, 2.05) is 19.0 Å². The molecule has 0 saturated carbocycles. The second kappa shape index (κ2) is 30.9. The predicted octanol–water partition coefficient (Wildman–Crippen LogP) is 6.47. The fourth-order valence-corrected chi connectivity index (χ4v) is 4.39. The summed E-state index contributed by atoms with van der Waals surface area (Å²) in [6.07, 6.45) is 13.7. The highest BCUT2D eigenvalue weighted by atomic mass is 16.6. The van der Waals surface area contributed by atoms with Crippen LogP contribution in [0, 0.1) is 0 Å². The van der Waals surface area contributed by atoms with Gasteiger partial charge in [0.15, 0.2) is 0 Å². The molecular formula is C35H63NO10. The molecule has 268 valence electrons. The highest BCUT2D eigenvalue weighted by Crippen LogP contribution is 2.10. The lowest BCUT2D eigenvalue weighted by molar-refractivity contribution is -0.172. The molecule has 1 atom stereocenters. The van der Waals surface area contributed by atoms with Crippen LogP contribution in [0.5, 0.6) is 0 Å². The van der Waals surface area contributed by atoms with Crippen LogP contribution in [0.3, 0.4) is 0 Å². The molecule has 0 rings (SSSR count). The first-order valence-electron chi connectivity index (χ1n) is 17.7. The number of ether oxygens (including phenoxy) is 5. The largest absolute Gasteiger partial charge is 0.466 e. The number of unbranched alkanes of at least 4 members (excludes halogenated alkanes) is 12. The highest BCUT2D eigenvalue weighted by Gasteiger charge is 2.28. The van der Waals surface area contributed by atoms with Gasteiger partial charge < -0.3 is 28.6 Å². The average Bonchev–Trinajstić information content (AvgIpc) is 3.02. The number of nitrogens with zero attached hydrogens (tertiary/aromatic N) is 1. The van der Waals surface area contributed by atoms with Gasteiger partial charge in [-0.25, -0.2) is 4.79 Å². The Bertz CT molecular complexity index is 817. The van der Waals surface area contributed by atoms with Crippen molar-refractivity contribution in [1.82, 2.24) is 4.90 Å². The maximum absolute atomic E-state index is 12.7. The lowest BCUT2D eigenvalue weighted by Gasteiger charge is -2.17. The average molecular weight is 658 g/mol. The van der Waals surface area contributed by atoms with E-state index in [4.69, 9.17) is 23.7 Å². The zero-order chi connectivity index (χ0) is 34.3. The van der Waals surface area contributed by atoms with Gasteiger partial charge in [0.25, 0.3) is 0 Å². The van der Waals surface area contributed by atoms with Crippen molar-refractivity contribution in [3.05, 3.63) is 0 Å². The van der Waals surface area contributed by atoms with E-state index in [2.05, 4.69) is 13.8 Å². The Morgan fingerprint density at radius 3 is 1.35 bits per heavy atom. The van der Waals surface area contributed by atoms with Gasteiger partial charge in [0.1, 0.15) is 0 Å². The van der Waals surface area contributed by atoms with E-state index in [9.17, 15) is 24.0 Å². The van der Waals surface area contributed by atoms with Crippen molar-refractivity contribution in [3.8, 4) is 0 Å². The van der Waals surface area contributed by atoms with Gasteiger partial charge in [-0.1, -0.05) is 65.2 Å². The van der Waals surface area contributed by atoms with Gasteiger partial charge in [-0.05, 0) is 65.5 Å². The minimum Gasteiger partial charge on any atom is -0.466 e. The molecule has 0 heterocycles. The molecule has 0 aromatic heterocycles. The van der Waals surface area contributed by atoms with Crippen LogP contribution in [-0.2, 0) is 47.7 Å². The van der Waals surface area contributed by atoms with Crippen molar-refractivity contribution >= 4 is 29.8 Å². The van der Waals surface area contributed by atoms with Crippen LogP contribution in [0.25, 0.3) is 0 Å². The molecule has 0 radical (unpaired) electrons. The Balaban J connectivity index is 4.29. The normalized spacial score (nSPS) is 11.6. The molecular weight excluding hydrogens is 594 g/mol. The summed E-state index contributed by atoms with van der Waals surface area (Å²) in [5.41, 5.74) is 0. The first-order valence-corrected chi connectivity index (χ1v) is 17.7. The first-order chi connectivity index (χ1) is 22.2. The van der Waals surface area contributed by atoms with Gasteiger partial charge in [-0.2, -0.15) is 0 Å². The van der Waals surface area contributed by atoms with E-state index in [1.165, 1.54) is 19.3 Å². The molecule has 0 aliphatic rings. The van der Waals surface area contributed by atoms with E-state index in [0.717, 1.165) is 44.9 Å². The lowest BCUT2D eigenvalue weighted by atomic mass is 10.1. The maximum Gasteiger partial charge on any atom is 0.348 e.